The second kappa shape index (κ2) is 7.39. The standard InChI is InChI=1S/C15H25NO2/c1-11(2)9-16-15(10-17)13-5-7-14(8-6-13)18-12(3)4/h5-8,11-12,15-17H,9-10H2,1-4H3. The Hall–Kier alpha value is -1.06. The SMILES string of the molecule is CC(C)CNC(CO)c1ccc(OC(C)C)cc1. The maximum Gasteiger partial charge on any atom is 0.119 e. The van der Waals surface area contributed by atoms with Crippen LogP contribution < -0.4 is 10.1 Å². The van der Waals surface area contributed by atoms with E-state index in [0.717, 1.165) is 17.9 Å². The molecule has 0 bridgehead atoms. The Morgan fingerprint density at radius 1 is 1.11 bits per heavy atom. The van der Waals surface area contributed by atoms with Crippen molar-refractivity contribution in [1.82, 2.24) is 5.32 Å². The molecule has 0 spiro atoms. The van der Waals surface area contributed by atoms with E-state index in [-0.39, 0.29) is 18.8 Å². The predicted octanol–water partition coefficient (Wildman–Crippen LogP) is 2.75. The van der Waals surface area contributed by atoms with Gasteiger partial charge in [0.05, 0.1) is 18.8 Å². The molecule has 1 atom stereocenters. The minimum Gasteiger partial charge on any atom is -0.491 e. The Bertz CT molecular complexity index is 333. The highest BCUT2D eigenvalue weighted by atomic mass is 16.5. The summed E-state index contributed by atoms with van der Waals surface area (Å²) < 4.78 is 5.60. The quantitative estimate of drug-likeness (QED) is 0.783. The Morgan fingerprint density at radius 2 is 1.72 bits per heavy atom. The minimum absolute atomic E-state index is 0.000463. The smallest absolute Gasteiger partial charge is 0.119 e. The summed E-state index contributed by atoms with van der Waals surface area (Å²) in [4.78, 5) is 0. The van der Waals surface area contributed by atoms with E-state index in [4.69, 9.17) is 4.74 Å². The summed E-state index contributed by atoms with van der Waals surface area (Å²) in [7, 11) is 0. The number of aliphatic hydroxyl groups is 1. The van der Waals surface area contributed by atoms with Crippen LogP contribution in [-0.2, 0) is 0 Å². The number of ether oxygens (including phenoxy) is 1. The molecule has 0 fully saturated rings. The molecule has 0 aliphatic heterocycles. The zero-order valence-electron chi connectivity index (χ0n) is 11.8. The average molecular weight is 251 g/mol. The molecule has 1 aromatic carbocycles. The summed E-state index contributed by atoms with van der Waals surface area (Å²) in [6.07, 6.45) is 0.184. The topological polar surface area (TPSA) is 41.5 Å². The van der Waals surface area contributed by atoms with Crippen LogP contribution in [0.3, 0.4) is 0 Å². The maximum atomic E-state index is 9.41. The van der Waals surface area contributed by atoms with Crippen LogP contribution in [0.1, 0.15) is 39.3 Å². The molecule has 0 heterocycles. The molecule has 3 heteroatoms. The summed E-state index contributed by atoms with van der Waals surface area (Å²) in [6.45, 7) is 9.33. The molecule has 0 aliphatic rings. The fourth-order valence-electron chi connectivity index (χ4n) is 1.72. The normalized spacial score (nSPS) is 13.1. The summed E-state index contributed by atoms with van der Waals surface area (Å²) in [6, 6.07) is 7.92. The third kappa shape index (κ3) is 5.07. The summed E-state index contributed by atoms with van der Waals surface area (Å²) in [5.74, 6) is 1.44. The second-order valence-corrected chi connectivity index (χ2v) is 5.27. The van der Waals surface area contributed by atoms with E-state index in [9.17, 15) is 5.11 Å². The van der Waals surface area contributed by atoms with Gasteiger partial charge in [0.15, 0.2) is 0 Å². The van der Waals surface area contributed by atoms with Gasteiger partial charge in [0, 0.05) is 0 Å². The van der Waals surface area contributed by atoms with Crippen molar-refractivity contribution in [3.63, 3.8) is 0 Å². The van der Waals surface area contributed by atoms with Crippen LogP contribution in [0.2, 0.25) is 0 Å². The van der Waals surface area contributed by atoms with Crippen molar-refractivity contribution in [1.29, 1.82) is 0 Å². The van der Waals surface area contributed by atoms with Gasteiger partial charge >= 0.3 is 0 Å². The van der Waals surface area contributed by atoms with Gasteiger partial charge in [0.2, 0.25) is 0 Å². The van der Waals surface area contributed by atoms with Crippen LogP contribution in [0.4, 0.5) is 0 Å². The van der Waals surface area contributed by atoms with Crippen LogP contribution in [0.25, 0.3) is 0 Å². The van der Waals surface area contributed by atoms with E-state index in [0.29, 0.717) is 5.92 Å². The Morgan fingerprint density at radius 3 is 2.17 bits per heavy atom. The molecule has 0 amide bonds. The van der Waals surface area contributed by atoms with Crippen LogP contribution in [0.5, 0.6) is 5.75 Å². The highest BCUT2D eigenvalue weighted by Crippen LogP contribution is 2.18. The molecular weight excluding hydrogens is 226 g/mol. The van der Waals surface area contributed by atoms with Gasteiger partial charge in [-0.25, -0.2) is 0 Å². The lowest BCUT2D eigenvalue weighted by Crippen LogP contribution is -2.27. The van der Waals surface area contributed by atoms with Crippen LogP contribution in [0, 0.1) is 5.92 Å². The first-order valence-corrected chi connectivity index (χ1v) is 6.63. The van der Waals surface area contributed by atoms with Crippen molar-refractivity contribution in [2.24, 2.45) is 5.92 Å². The van der Waals surface area contributed by atoms with E-state index < -0.39 is 0 Å². The molecule has 1 aromatic rings. The maximum absolute atomic E-state index is 9.41. The molecule has 0 saturated heterocycles. The number of aliphatic hydroxyl groups excluding tert-OH is 1. The molecule has 0 radical (unpaired) electrons. The predicted molar refractivity (Wildman–Crippen MR) is 74.9 cm³/mol. The lowest BCUT2D eigenvalue weighted by atomic mass is 10.1. The molecular formula is C15H25NO2. The first-order chi connectivity index (χ1) is 8.52. The van der Waals surface area contributed by atoms with E-state index >= 15 is 0 Å². The number of hydrogen-bond donors (Lipinski definition) is 2. The van der Waals surface area contributed by atoms with E-state index in [1.807, 2.05) is 38.1 Å². The zero-order chi connectivity index (χ0) is 13.5. The fourth-order valence-corrected chi connectivity index (χ4v) is 1.72. The van der Waals surface area contributed by atoms with Crippen molar-refractivity contribution in [3.8, 4) is 5.75 Å². The number of nitrogens with one attached hydrogen (secondary N) is 1. The number of rotatable bonds is 7. The average Bonchev–Trinajstić information content (AvgIpc) is 2.31. The lowest BCUT2D eigenvalue weighted by molar-refractivity contribution is 0.237. The Balaban J connectivity index is 2.63. The largest absolute Gasteiger partial charge is 0.491 e. The first kappa shape index (κ1) is 15.0. The van der Waals surface area contributed by atoms with Gasteiger partial charge < -0.3 is 15.2 Å². The highest BCUT2D eigenvalue weighted by molar-refractivity contribution is 5.29. The highest BCUT2D eigenvalue weighted by Gasteiger charge is 2.10. The van der Waals surface area contributed by atoms with E-state index in [1.54, 1.807) is 0 Å². The molecule has 0 saturated carbocycles. The van der Waals surface area contributed by atoms with Crippen molar-refractivity contribution in [2.75, 3.05) is 13.2 Å². The van der Waals surface area contributed by atoms with Crippen molar-refractivity contribution in [3.05, 3.63) is 29.8 Å². The van der Waals surface area contributed by atoms with Gasteiger partial charge in [-0.3, -0.25) is 0 Å². The summed E-state index contributed by atoms with van der Waals surface area (Å²) in [5, 5.41) is 12.8. The minimum atomic E-state index is 0.000463. The fraction of sp³-hybridized carbons (Fsp3) is 0.600. The van der Waals surface area contributed by atoms with Crippen LogP contribution in [0.15, 0.2) is 24.3 Å². The van der Waals surface area contributed by atoms with Gasteiger partial charge in [-0.1, -0.05) is 26.0 Å². The zero-order valence-corrected chi connectivity index (χ0v) is 11.8. The van der Waals surface area contributed by atoms with Crippen molar-refractivity contribution >= 4 is 0 Å². The lowest BCUT2D eigenvalue weighted by Gasteiger charge is -2.19. The van der Waals surface area contributed by atoms with Gasteiger partial charge in [-0.15, -0.1) is 0 Å². The molecule has 0 aromatic heterocycles. The Labute approximate surface area is 110 Å². The second-order valence-electron chi connectivity index (χ2n) is 5.27. The third-order valence-electron chi connectivity index (χ3n) is 2.61. The van der Waals surface area contributed by atoms with Crippen LogP contribution >= 0.6 is 0 Å². The Kier molecular flexibility index (Phi) is 6.16. The summed E-state index contributed by atoms with van der Waals surface area (Å²) in [5.41, 5.74) is 1.09. The van der Waals surface area contributed by atoms with Crippen molar-refractivity contribution in [2.45, 2.75) is 39.8 Å². The van der Waals surface area contributed by atoms with Gasteiger partial charge in [-0.2, -0.15) is 0 Å². The molecule has 1 rings (SSSR count). The van der Waals surface area contributed by atoms with Gasteiger partial charge in [0.25, 0.3) is 0 Å². The number of hydrogen-bond acceptors (Lipinski definition) is 3. The van der Waals surface area contributed by atoms with E-state index in [2.05, 4.69) is 19.2 Å². The monoisotopic (exact) mass is 251 g/mol. The molecule has 1 unspecified atom stereocenters. The molecule has 102 valence electrons. The molecule has 0 aliphatic carbocycles. The van der Waals surface area contributed by atoms with E-state index in [1.165, 1.54) is 0 Å². The van der Waals surface area contributed by atoms with Crippen molar-refractivity contribution < 1.29 is 9.84 Å². The van der Waals surface area contributed by atoms with Gasteiger partial charge in [-0.05, 0) is 44.0 Å². The number of benzene rings is 1. The van der Waals surface area contributed by atoms with Gasteiger partial charge in [0.1, 0.15) is 5.75 Å². The first-order valence-electron chi connectivity index (χ1n) is 6.63. The van der Waals surface area contributed by atoms with Crippen LogP contribution in [-0.4, -0.2) is 24.4 Å². The summed E-state index contributed by atoms with van der Waals surface area (Å²) >= 11 is 0. The molecule has 2 N–H and O–H groups in total. The molecule has 18 heavy (non-hydrogen) atoms. The molecule has 3 nitrogen and oxygen atoms in total. The third-order valence-corrected chi connectivity index (χ3v) is 2.61.